The summed E-state index contributed by atoms with van der Waals surface area (Å²) >= 11 is 0. The van der Waals surface area contributed by atoms with Crippen molar-refractivity contribution in [1.29, 1.82) is 0 Å². The Morgan fingerprint density at radius 2 is 1.91 bits per heavy atom. The summed E-state index contributed by atoms with van der Waals surface area (Å²) in [6, 6.07) is 10.1. The number of esters is 1. The largest absolute Gasteiger partial charge is 1.00 e. The number of aliphatic hydroxyl groups is 1. The number of carbonyl (C=O) groups is 1. The third-order valence-electron chi connectivity index (χ3n) is 5.33. The van der Waals surface area contributed by atoms with Gasteiger partial charge in [0.1, 0.15) is 24.2 Å². The maximum atomic E-state index is 12.4. The molecule has 0 aromatic heterocycles. The molecular weight excluding hydrogens is 362 g/mol. The Bertz CT molecular complexity index is 551. The summed E-state index contributed by atoms with van der Waals surface area (Å²) in [6.45, 7) is -0.226. The van der Waals surface area contributed by atoms with E-state index in [0.29, 0.717) is 24.3 Å². The van der Waals surface area contributed by atoms with Gasteiger partial charge in [0, 0.05) is 24.9 Å². The second-order valence-electron chi connectivity index (χ2n) is 6.54. The summed E-state index contributed by atoms with van der Waals surface area (Å²) < 4.78 is 11.4. The van der Waals surface area contributed by atoms with Crippen molar-refractivity contribution in [2.24, 2.45) is 0 Å². The van der Waals surface area contributed by atoms with Gasteiger partial charge in [0.2, 0.25) is 0 Å². The first-order valence-electron chi connectivity index (χ1n) is 7.92. The molecule has 6 heteroatoms. The zero-order valence-electron chi connectivity index (χ0n) is 13.0. The molecule has 4 rings (SSSR count). The van der Waals surface area contributed by atoms with Crippen LogP contribution in [0, 0.1) is 0 Å². The minimum Gasteiger partial charge on any atom is -1.00 e. The Morgan fingerprint density at radius 1 is 1.30 bits per heavy atom. The molecule has 1 unspecified atom stereocenters. The van der Waals surface area contributed by atoms with Crippen molar-refractivity contribution in [3.8, 4) is 0 Å². The number of aliphatic hydroxyl groups excluding tert-OH is 1. The van der Waals surface area contributed by atoms with Gasteiger partial charge in [-0.15, -0.1) is 0 Å². The first kappa shape index (κ1) is 16.9. The minimum atomic E-state index is -0.593. The minimum absolute atomic E-state index is 0. The topological polar surface area (TPSA) is 62.3 Å². The van der Waals surface area contributed by atoms with Gasteiger partial charge in [-0.05, 0) is 12.6 Å². The molecular formula is C17H21BrNO4-. The maximum absolute atomic E-state index is 12.4. The van der Waals surface area contributed by atoms with Crippen LogP contribution in [0.25, 0.3) is 0 Å². The Kier molecular flexibility index (Phi) is 4.78. The highest BCUT2D eigenvalue weighted by Gasteiger charge is 2.62. The zero-order chi connectivity index (χ0) is 15.3. The summed E-state index contributed by atoms with van der Waals surface area (Å²) in [5, 5.41) is 9.56. The maximum Gasteiger partial charge on any atom is 0.316 e. The Hall–Kier alpha value is -0.950. The van der Waals surface area contributed by atoms with Crippen LogP contribution >= 0.6 is 0 Å². The van der Waals surface area contributed by atoms with E-state index in [2.05, 4.69) is 11.9 Å². The molecule has 0 saturated carbocycles. The molecule has 3 aliphatic heterocycles. The molecule has 6 atom stereocenters. The molecule has 2 bridgehead atoms. The smallest absolute Gasteiger partial charge is 0.316 e. The number of hydrogen-bond donors (Lipinski definition) is 1. The number of benzene rings is 1. The van der Waals surface area contributed by atoms with Crippen LogP contribution in [-0.4, -0.2) is 60.0 Å². The van der Waals surface area contributed by atoms with Gasteiger partial charge in [-0.1, -0.05) is 30.3 Å². The molecule has 23 heavy (non-hydrogen) atoms. The number of hydrogen-bond acceptors (Lipinski definition) is 5. The van der Waals surface area contributed by atoms with Gasteiger partial charge >= 0.3 is 5.97 Å². The van der Waals surface area contributed by atoms with Crippen molar-refractivity contribution in [2.45, 2.75) is 49.2 Å². The third-order valence-corrected chi connectivity index (χ3v) is 5.33. The summed E-state index contributed by atoms with van der Waals surface area (Å²) in [5.74, 6) is -0.915. The molecule has 0 amide bonds. The fourth-order valence-corrected chi connectivity index (χ4v) is 4.04. The van der Waals surface area contributed by atoms with Crippen LogP contribution in [0.2, 0.25) is 0 Å². The van der Waals surface area contributed by atoms with Crippen LogP contribution in [0.4, 0.5) is 0 Å². The molecule has 5 nitrogen and oxygen atoms in total. The van der Waals surface area contributed by atoms with E-state index >= 15 is 0 Å². The molecule has 1 aromatic rings. The molecule has 3 saturated heterocycles. The lowest BCUT2D eigenvalue weighted by Crippen LogP contribution is -3.00. The number of ether oxygens (including phenoxy) is 2. The molecule has 1 aromatic carbocycles. The van der Waals surface area contributed by atoms with Gasteiger partial charge in [0.25, 0.3) is 0 Å². The third kappa shape index (κ3) is 2.93. The van der Waals surface area contributed by atoms with Gasteiger partial charge in [0.15, 0.2) is 0 Å². The Morgan fingerprint density at radius 3 is 2.48 bits per heavy atom. The molecule has 3 aliphatic rings. The van der Waals surface area contributed by atoms with Crippen molar-refractivity contribution in [1.82, 2.24) is 4.90 Å². The molecule has 0 radical (unpaired) electrons. The predicted molar refractivity (Wildman–Crippen MR) is 79.4 cm³/mol. The average molecular weight is 383 g/mol. The van der Waals surface area contributed by atoms with E-state index in [0.717, 1.165) is 18.4 Å². The average Bonchev–Trinajstić information content (AvgIpc) is 3.27. The number of piperidine rings is 1. The molecule has 0 spiro atoms. The number of epoxide rings is 1. The number of fused-ring (bicyclic) bond motifs is 5. The molecule has 126 valence electrons. The van der Waals surface area contributed by atoms with E-state index in [9.17, 15) is 9.90 Å². The molecule has 0 aliphatic carbocycles. The first-order chi connectivity index (χ1) is 10.7. The highest BCUT2D eigenvalue weighted by Crippen LogP contribution is 2.48. The first-order valence-corrected chi connectivity index (χ1v) is 7.92. The standard InChI is InChI=1S/C17H21NO4.BrH/c1-18-13-7-11(8-14(18)16-15(13)22-16)21-17(20)12(9-19)10-5-3-2-4-6-10;/h2-6,11-16,19H,7-9H2,1H3;1H/p-1/t11?,12-,13-,14+,15-,16+;/m1./s1. The van der Waals surface area contributed by atoms with Gasteiger partial charge in [-0.2, -0.15) is 0 Å². The summed E-state index contributed by atoms with van der Waals surface area (Å²) in [5.41, 5.74) is 0.803. The summed E-state index contributed by atoms with van der Waals surface area (Å²) in [6.07, 6.45) is 2.26. The van der Waals surface area contributed by atoms with Crippen LogP contribution < -0.4 is 17.0 Å². The van der Waals surface area contributed by atoms with E-state index in [1.54, 1.807) is 0 Å². The molecule has 3 heterocycles. The number of likely N-dealkylation sites (N-methyl/N-ethyl adjacent to an activating group) is 1. The quantitative estimate of drug-likeness (QED) is 0.478. The molecule has 1 N–H and O–H groups in total. The van der Waals surface area contributed by atoms with Crippen LogP contribution in [-0.2, 0) is 14.3 Å². The normalized spacial score (nSPS) is 35.8. The number of nitrogens with zero attached hydrogens (tertiary/aromatic N) is 1. The Balaban J connectivity index is 0.00000156. The fraction of sp³-hybridized carbons (Fsp3) is 0.588. The second kappa shape index (κ2) is 6.51. The van der Waals surface area contributed by atoms with Crippen molar-refractivity contribution in [3.63, 3.8) is 0 Å². The highest BCUT2D eigenvalue weighted by molar-refractivity contribution is 5.78. The van der Waals surface area contributed by atoms with Gasteiger partial charge < -0.3 is 31.6 Å². The Labute approximate surface area is 146 Å². The van der Waals surface area contributed by atoms with Gasteiger partial charge in [0.05, 0.1) is 6.61 Å². The second-order valence-corrected chi connectivity index (χ2v) is 6.54. The van der Waals surface area contributed by atoms with E-state index in [-0.39, 0.29) is 35.7 Å². The fourth-order valence-electron chi connectivity index (χ4n) is 4.04. The van der Waals surface area contributed by atoms with Gasteiger partial charge in [-0.25, -0.2) is 0 Å². The number of morpholine rings is 1. The SMILES string of the molecule is CN1[C@@H]2CC(OC(=O)[C@H](CO)c3ccccc3)C[C@H]1[C@@H]1O[C@@H]12.[Br-]. The van der Waals surface area contributed by atoms with Crippen molar-refractivity contribution < 1.29 is 36.4 Å². The number of carbonyl (C=O) groups excluding carboxylic acids is 1. The number of rotatable bonds is 4. The van der Waals surface area contributed by atoms with Crippen LogP contribution in [0.5, 0.6) is 0 Å². The lowest BCUT2D eigenvalue weighted by Gasteiger charge is -2.38. The predicted octanol–water partition coefficient (Wildman–Crippen LogP) is -2.08. The number of halogens is 1. The van der Waals surface area contributed by atoms with E-state index in [4.69, 9.17) is 9.47 Å². The van der Waals surface area contributed by atoms with E-state index < -0.39 is 5.92 Å². The van der Waals surface area contributed by atoms with Crippen molar-refractivity contribution >= 4 is 5.97 Å². The van der Waals surface area contributed by atoms with Crippen molar-refractivity contribution in [3.05, 3.63) is 35.9 Å². The van der Waals surface area contributed by atoms with E-state index in [1.165, 1.54) is 0 Å². The molecule has 3 fully saturated rings. The lowest BCUT2D eigenvalue weighted by atomic mass is 9.97. The summed E-state index contributed by atoms with van der Waals surface area (Å²) in [7, 11) is 2.13. The zero-order valence-corrected chi connectivity index (χ0v) is 14.6. The lowest BCUT2D eigenvalue weighted by molar-refractivity contribution is -0.156. The van der Waals surface area contributed by atoms with E-state index in [1.807, 2.05) is 30.3 Å². The van der Waals surface area contributed by atoms with Crippen molar-refractivity contribution in [2.75, 3.05) is 13.7 Å². The summed E-state index contributed by atoms with van der Waals surface area (Å²) in [4.78, 5) is 14.8. The monoisotopic (exact) mass is 382 g/mol. The van der Waals surface area contributed by atoms with Crippen LogP contribution in [0.1, 0.15) is 24.3 Å². The van der Waals surface area contributed by atoms with Crippen LogP contribution in [0.3, 0.4) is 0 Å². The van der Waals surface area contributed by atoms with Gasteiger partial charge in [-0.3, -0.25) is 9.69 Å². The highest BCUT2D eigenvalue weighted by atomic mass is 79.9. The van der Waals surface area contributed by atoms with Crippen LogP contribution in [0.15, 0.2) is 30.3 Å².